The van der Waals surface area contributed by atoms with E-state index in [1.807, 2.05) is 13.0 Å². The molecule has 6 atom stereocenters. The van der Waals surface area contributed by atoms with Crippen molar-refractivity contribution in [2.24, 2.45) is 28.6 Å². The number of carbonyl (C=O) groups is 2. The van der Waals surface area contributed by atoms with Crippen molar-refractivity contribution < 1.29 is 19.4 Å². The van der Waals surface area contributed by atoms with Gasteiger partial charge in [0.25, 0.3) is 0 Å². The smallest absolute Gasteiger partial charge is 0.336 e. The van der Waals surface area contributed by atoms with E-state index in [4.69, 9.17) is 4.74 Å². The highest BCUT2D eigenvalue weighted by Crippen LogP contribution is 2.68. The summed E-state index contributed by atoms with van der Waals surface area (Å²) < 4.78 is 6.14. The lowest BCUT2D eigenvalue weighted by Gasteiger charge is -2.59. The first-order valence-electron chi connectivity index (χ1n) is 10.9. The van der Waals surface area contributed by atoms with Gasteiger partial charge in [-0.3, -0.25) is 4.79 Å². The quantitative estimate of drug-likeness (QED) is 0.770. The average Bonchev–Trinajstić information content (AvgIpc) is 2.94. The minimum Gasteiger partial charge on any atom is -0.479 e. The van der Waals surface area contributed by atoms with Gasteiger partial charge in [-0.15, -0.1) is 0 Å². The number of ketones is 1. The maximum absolute atomic E-state index is 12.4. The van der Waals surface area contributed by atoms with Crippen LogP contribution in [-0.4, -0.2) is 29.1 Å². The molecule has 0 radical (unpaired) electrons. The van der Waals surface area contributed by atoms with Crippen molar-refractivity contribution in [3.63, 3.8) is 0 Å². The van der Waals surface area contributed by atoms with E-state index in [2.05, 4.69) is 13.8 Å². The van der Waals surface area contributed by atoms with Crippen LogP contribution < -0.4 is 0 Å². The van der Waals surface area contributed by atoms with Crippen molar-refractivity contribution in [3.8, 4) is 0 Å². The number of hydrogen-bond acceptors (Lipinski definition) is 3. The number of fused-ring (bicyclic) bond motifs is 5. The summed E-state index contributed by atoms with van der Waals surface area (Å²) in [5.41, 5.74) is 0.208. The van der Waals surface area contributed by atoms with E-state index >= 15 is 0 Å². The summed E-state index contributed by atoms with van der Waals surface area (Å²) in [7, 11) is 0. The molecule has 4 aliphatic carbocycles. The van der Waals surface area contributed by atoms with Crippen LogP contribution >= 0.6 is 0 Å². The molecule has 0 spiro atoms. The van der Waals surface area contributed by atoms with Gasteiger partial charge in [-0.1, -0.05) is 26.3 Å². The Kier molecular flexibility index (Phi) is 4.57. The number of carbonyl (C=O) groups excluding carboxylic acids is 1. The zero-order valence-electron chi connectivity index (χ0n) is 17.1. The van der Waals surface area contributed by atoms with Crippen LogP contribution in [0.3, 0.4) is 0 Å². The van der Waals surface area contributed by atoms with Crippen molar-refractivity contribution >= 4 is 11.8 Å². The Morgan fingerprint density at radius 1 is 1.15 bits per heavy atom. The summed E-state index contributed by atoms with van der Waals surface area (Å²) in [5, 5.41) is 10.2. The molecule has 4 rings (SSSR count). The first-order chi connectivity index (χ1) is 12.8. The summed E-state index contributed by atoms with van der Waals surface area (Å²) in [6, 6.07) is 0. The molecule has 1 N–H and O–H groups in total. The Labute approximate surface area is 162 Å². The second-order valence-corrected chi connectivity index (χ2v) is 9.94. The molecule has 0 aliphatic heterocycles. The van der Waals surface area contributed by atoms with Crippen LogP contribution in [0.1, 0.15) is 78.6 Å². The fraction of sp³-hybridized carbons (Fsp3) is 0.826. The molecule has 0 aromatic carbocycles. The lowest BCUT2D eigenvalue weighted by atomic mass is 9.46. The molecule has 0 bridgehead atoms. The van der Waals surface area contributed by atoms with E-state index in [1.165, 1.54) is 5.57 Å². The number of carboxylic acid groups (broad SMARTS) is 1. The van der Waals surface area contributed by atoms with Crippen molar-refractivity contribution in [1.82, 2.24) is 0 Å². The van der Waals surface area contributed by atoms with Gasteiger partial charge in [0.05, 0.1) is 0 Å². The van der Waals surface area contributed by atoms with Crippen LogP contribution in [0.4, 0.5) is 0 Å². The molecular weight excluding hydrogens is 340 g/mol. The molecule has 4 aliphatic rings. The fourth-order valence-electron chi connectivity index (χ4n) is 7.48. The Morgan fingerprint density at radius 2 is 1.89 bits per heavy atom. The standard InChI is InChI=1S/C23H34O4/c1-4-13-27-23(20(25)26)12-9-19-17-6-5-15-14-16(24)7-10-21(15,2)18(17)8-11-22(19,23)3/h14,17-19H,4-13H2,1-3H3,(H,25,26)/t17-,18-,19+,21+,22+,23?/m1/s1. The lowest BCUT2D eigenvalue weighted by molar-refractivity contribution is -0.195. The van der Waals surface area contributed by atoms with Gasteiger partial charge < -0.3 is 9.84 Å². The summed E-state index contributed by atoms with van der Waals surface area (Å²) in [4.78, 5) is 24.4. The van der Waals surface area contributed by atoms with Crippen molar-refractivity contribution in [2.45, 2.75) is 84.2 Å². The Morgan fingerprint density at radius 3 is 2.59 bits per heavy atom. The highest BCUT2D eigenvalue weighted by atomic mass is 16.5. The SMILES string of the molecule is CCCOC1(C(=O)O)CC[C@H]2[C@@H]3CCC4=CC(=O)CC[C@]4(C)[C@@H]3CC[C@@]21C. The van der Waals surface area contributed by atoms with Gasteiger partial charge in [-0.05, 0) is 80.6 Å². The minimum absolute atomic E-state index is 0.136. The maximum atomic E-state index is 12.4. The van der Waals surface area contributed by atoms with E-state index in [1.54, 1.807) is 0 Å². The van der Waals surface area contributed by atoms with Crippen LogP contribution in [0, 0.1) is 28.6 Å². The Bertz CT molecular complexity index is 682. The molecule has 3 saturated carbocycles. The number of ether oxygens (including phenoxy) is 1. The maximum Gasteiger partial charge on any atom is 0.336 e. The molecule has 0 aromatic rings. The predicted octanol–water partition coefficient (Wildman–Crippen LogP) is 4.77. The Balaban J connectivity index is 1.67. The molecule has 1 unspecified atom stereocenters. The zero-order valence-corrected chi connectivity index (χ0v) is 17.1. The lowest BCUT2D eigenvalue weighted by Crippen LogP contribution is -2.58. The minimum atomic E-state index is -1.02. The number of aliphatic carboxylic acids is 1. The number of carboxylic acids is 1. The molecule has 4 heteroatoms. The highest BCUT2D eigenvalue weighted by Gasteiger charge is 2.67. The van der Waals surface area contributed by atoms with Crippen LogP contribution in [0.2, 0.25) is 0 Å². The third-order valence-electron chi connectivity index (χ3n) is 8.98. The van der Waals surface area contributed by atoms with E-state index < -0.39 is 11.6 Å². The molecule has 4 nitrogen and oxygen atoms in total. The van der Waals surface area contributed by atoms with Gasteiger partial charge in [0, 0.05) is 18.4 Å². The largest absolute Gasteiger partial charge is 0.479 e. The summed E-state index contributed by atoms with van der Waals surface area (Å²) >= 11 is 0. The average molecular weight is 375 g/mol. The molecule has 0 amide bonds. The monoisotopic (exact) mass is 374 g/mol. The van der Waals surface area contributed by atoms with Gasteiger partial charge in [0.2, 0.25) is 0 Å². The van der Waals surface area contributed by atoms with Crippen LogP contribution in [0.5, 0.6) is 0 Å². The third-order valence-corrected chi connectivity index (χ3v) is 8.98. The van der Waals surface area contributed by atoms with E-state index in [0.29, 0.717) is 43.0 Å². The second kappa shape index (κ2) is 6.43. The molecule has 0 aromatic heterocycles. The summed E-state index contributed by atoms with van der Waals surface area (Å²) in [5.74, 6) is 1.09. The van der Waals surface area contributed by atoms with Crippen LogP contribution in [-0.2, 0) is 14.3 Å². The molecule has 3 fully saturated rings. The van der Waals surface area contributed by atoms with E-state index in [9.17, 15) is 14.7 Å². The molecule has 27 heavy (non-hydrogen) atoms. The zero-order chi connectivity index (χ0) is 19.4. The van der Waals surface area contributed by atoms with E-state index in [0.717, 1.165) is 44.9 Å². The normalized spacial score (nSPS) is 46.3. The second-order valence-electron chi connectivity index (χ2n) is 9.94. The first kappa shape index (κ1) is 19.2. The van der Waals surface area contributed by atoms with E-state index in [-0.39, 0.29) is 10.8 Å². The molecule has 0 heterocycles. The van der Waals surface area contributed by atoms with Gasteiger partial charge in [0.1, 0.15) is 0 Å². The van der Waals surface area contributed by atoms with Gasteiger partial charge in [-0.25, -0.2) is 4.79 Å². The van der Waals surface area contributed by atoms with Crippen molar-refractivity contribution in [1.29, 1.82) is 0 Å². The predicted molar refractivity (Wildman–Crippen MR) is 103 cm³/mol. The van der Waals surface area contributed by atoms with Crippen molar-refractivity contribution in [3.05, 3.63) is 11.6 Å². The molecular formula is C23H34O4. The molecule has 150 valence electrons. The Hall–Kier alpha value is -1.16. The van der Waals surface area contributed by atoms with Crippen LogP contribution in [0.25, 0.3) is 0 Å². The van der Waals surface area contributed by atoms with Gasteiger partial charge >= 0.3 is 5.97 Å². The van der Waals surface area contributed by atoms with Gasteiger partial charge in [0.15, 0.2) is 11.4 Å². The van der Waals surface area contributed by atoms with Crippen molar-refractivity contribution in [2.75, 3.05) is 6.61 Å². The highest BCUT2D eigenvalue weighted by molar-refractivity contribution is 5.91. The number of hydrogen-bond donors (Lipinski definition) is 1. The first-order valence-corrected chi connectivity index (χ1v) is 10.9. The fourth-order valence-corrected chi connectivity index (χ4v) is 7.48. The third kappa shape index (κ3) is 2.51. The number of allylic oxidation sites excluding steroid dienone is 1. The topological polar surface area (TPSA) is 63.6 Å². The summed E-state index contributed by atoms with van der Waals surface area (Å²) in [6.07, 6.45) is 10.1. The summed E-state index contributed by atoms with van der Waals surface area (Å²) in [6.45, 7) is 7.14. The van der Waals surface area contributed by atoms with Crippen LogP contribution in [0.15, 0.2) is 11.6 Å². The van der Waals surface area contributed by atoms with Gasteiger partial charge in [-0.2, -0.15) is 0 Å². The molecule has 0 saturated heterocycles. The number of rotatable bonds is 4.